The number of benzene rings is 2. The molecule has 0 saturated heterocycles. The molecule has 0 atom stereocenters. The van der Waals surface area contributed by atoms with E-state index in [0.29, 0.717) is 23.2 Å². The monoisotopic (exact) mass is 559 g/mol. The molecule has 3 rings (SSSR count). The maximum absolute atomic E-state index is 13.5. The summed E-state index contributed by atoms with van der Waals surface area (Å²) in [5.74, 6) is 0.737. The topological polar surface area (TPSA) is 89.0 Å². The first kappa shape index (κ1) is 29.2. The summed E-state index contributed by atoms with van der Waals surface area (Å²) in [6.45, 7) is 6.80. The molecule has 0 fully saturated rings. The Labute approximate surface area is 224 Å². The SMILES string of the molecule is Br.CNC(=O)c1cc2c(cc1N(C)C)CN(CC(=O)c1cc(N(C)C)c(OC)c(C(C)(C)C)c1)C2=N. The molecule has 2 aromatic carbocycles. The van der Waals surface area contributed by atoms with Crippen LogP contribution in [0.5, 0.6) is 5.75 Å². The van der Waals surface area contributed by atoms with Crippen molar-refractivity contribution in [2.75, 3.05) is 58.7 Å². The third-order valence-electron chi connectivity index (χ3n) is 6.33. The third kappa shape index (κ3) is 5.51. The van der Waals surface area contributed by atoms with Gasteiger partial charge in [0.1, 0.15) is 11.6 Å². The van der Waals surface area contributed by atoms with E-state index in [1.807, 2.05) is 56.2 Å². The molecule has 1 amide bonds. The summed E-state index contributed by atoms with van der Waals surface area (Å²) in [6.07, 6.45) is 0. The summed E-state index contributed by atoms with van der Waals surface area (Å²) >= 11 is 0. The van der Waals surface area contributed by atoms with E-state index >= 15 is 0 Å². The molecule has 0 saturated carbocycles. The van der Waals surface area contributed by atoms with Crippen LogP contribution in [0.25, 0.3) is 0 Å². The van der Waals surface area contributed by atoms with Crippen molar-refractivity contribution < 1.29 is 14.3 Å². The van der Waals surface area contributed by atoms with E-state index in [4.69, 9.17) is 10.1 Å². The molecular formula is C27H38BrN5O3. The van der Waals surface area contributed by atoms with E-state index in [0.717, 1.165) is 28.3 Å². The average molecular weight is 561 g/mol. The maximum Gasteiger partial charge on any atom is 0.253 e. The number of amidine groups is 1. The lowest BCUT2D eigenvalue weighted by atomic mass is 9.84. The number of Topliss-reactive ketones (excluding diaryl/α,β-unsaturated/α-hetero) is 1. The highest BCUT2D eigenvalue weighted by Gasteiger charge is 2.30. The van der Waals surface area contributed by atoms with Gasteiger partial charge in [-0.3, -0.25) is 15.0 Å². The molecule has 1 aliphatic rings. The van der Waals surface area contributed by atoms with Crippen molar-refractivity contribution in [1.82, 2.24) is 10.2 Å². The molecule has 0 bridgehead atoms. The van der Waals surface area contributed by atoms with Crippen molar-refractivity contribution in [2.24, 2.45) is 0 Å². The maximum atomic E-state index is 13.5. The van der Waals surface area contributed by atoms with Crippen LogP contribution in [0, 0.1) is 5.41 Å². The number of carbonyl (C=O) groups excluding carboxylic acids is 2. The molecule has 1 aliphatic heterocycles. The van der Waals surface area contributed by atoms with Gasteiger partial charge in [0.2, 0.25) is 0 Å². The van der Waals surface area contributed by atoms with Crippen molar-refractivity contribution in [3.05, 3.63) is 52.1 Å². The molecule has 0 aromatic heterocycles. The number of rotatable bonds is 7. The number of halogens is 1. The smallest absolute Gasteiger partial charge is 0.253 e. The molecule has 36 heavy (non-hydrogen) atoms. The summed E-state index contributed by atoms with van der Waals surface area (Å²) in [7, 11) is 10.9. The molecule has 2 aromatic rings. The standard InChI is InChI=1S/C27H37N5O3.BrH/c1-27(2,3)20-10-16(11-22(31(7)8)24(20)35-9)23(33)15-32-14-17-12-21(30(5)6)19(26(34)29-4)13-18(17)25(32)28;/h10-13,28H,14-15H2,1-9H3,(H,29,34);1H. The number of anilines is 2. The highest BCUT2D eigenvalue weighted by atomic mass is 79.9. The van der Waals surface area contributed by atoms with Crippen molar-refractivity contribution >= 4 is 45.9 Å². The molecule has 196 valence electrons. The van der Waals surface area contributed by atoms with Crippen LogP contribution in [0.4, 0.5) is 11.4 Å². The van der Waals surface area contributed by atoms with Gasteiger partial charge in [0, 0.05) is 64.2 Å². The third-order valence-corrected chi connectivity index (χ3v) is 6.33. The summed E-state index contributed by atoms with van der Waals surface area (Å²) in [6, 6.07) is 7.46. The Hall–Kier alpha value is -3.07. The van der Waals surface area contributed by atoms with Crippen molar-refractivity contribution in [3.8, 4) is 5.75 Å². The van der Waals surface area contributed by atoms with Crippen LogP contribution < -0.4 is 19.9 Å². The second-order valence-electron chi connectivity index (χ2n) is 10.3. The lowest BCUT2D eigenvalue weighted by Crippen LogP contribution is -2.30. The minimum absolute atomic E-state index is 0. The predicted octanol–water partition coefficient (Wildman–Crippen LogP) is 4.09. The molecule has 0 aliphatic carbocycles. The number of carbonyl (C=O) groups is 2. The largest absolute Gasteiger partial charge is 0.494 e. The van der Waals surface area contributed by atoms with Gasteiger partial charge < -0.3 is 24.8 Å². The first-order valence-corrected chi connectivity index (χ1v) is 11.6. The predicted molar refractivity (Wildman–Crippen MR) is 152 cm³/mol. The van der Waals surface area contributed by atoms with Gasteiger partial charge in [0.15, 0.2) is 5.78 Å². The quantitative estimate of drug-likeness (QED) is 0.497. The van der Waals surface area contributed by atoms with Gasteiger partial charge >= 0.3 is 0 Å². The van der Waals surface area contributed by atoms with Crippen molar-refractivity contribution in [3.63, 3.8) is 0 Å². The number of amides is 1. The fourth-order valence-electron chi connectivity index (χ4n) is 4.40. The normalized spacial score (nSPS) is 12.6. The summed E-state index contributed by atoms with van der Waals surface area (Å²) < 4.78 is 5.73. The number of ketones is 1. The molecule has 1 heterocycles. The second-order valence-corrected chi connectivity index (χ2v) is 10.3. The lowest BCUT2D eigenvalue weighted by molar-refractivity contribution is 0.0955. The number of ether oxygens (including phenoxy) is 1. The van der Waals surface area contributed by atoms with E-state index < -0.39 is 0 Å². The van der Waals surface area contributed by atoms with Crippen molar-refractivity contribution in [2.45, 2.75) is 32.7 Å². The molecule has 8 nitrogen and oxygen atoms in total. The van der Waals surface area contributed by atoms with Crippen LogP contribution >= 0.6 is 17.0 Å². The summed E-state index contributed by atoms with van der Waals surface area (Å²) in [5.41, 5.74) is 5.07. The van der Waals surface area contributed by atoms with Crippen LogP contribution in [-0.4, -0.2) is 71.3 Å². The van der Waals surface area contributed by atoms with Crippen LogP contribution in [-0.2, 0) is 12.0 Å². The van der Waals surface area contributed by atoms with Crippen LogP contribution in [0.2, 0.25) is 0 Å². The van der Waals surface area contributed by atoms with Gasteiger partial charge in [-0.15, -0.1) is 17.0 Å². The first-order valence-electron chi connectivity index (χ1n) is 11.6. The number of fused-ring (bicyclic) bond motifs is 1. The fourth-order valence-corrected chi connectivity index (χ4v) is 4.40. The van der Waals surface area contributed by atoms with Gasteiger partial charge in [0.05, 0.1) is 24.9 Å². The number of methoxy groups -OCH3 is 1. The Bertz CT molecular complexity index is 1180. The Morgan fingerprint density at radius 2 is 1.67 bits per heavy atom. The number of hydrogen-bond acceptors (Lipinski definition) is 6. The fraction of sp³-hybridized carbons (Fsp3) is 0.444. The number of hydrogen-bond donors (Lipinski definition) is 2. The zero-order chi connectivity index (χ0) is 26.2. The van der Waals surface area contributed by atoms with Gasteiger partial charge in [-0.2, -0.15) is 0 Å². The molecule has 9 heteroatoms. The summed E-state index contributed by atoms with van der Waals surface area (Å²) in [5, 5.41) is 11.4. The highest BCUT2D eigenvalue weighted by molar-refractivity contribution is 8.93. The van der Waals surface area contributed by atoms with E-state index in [2.05, 4.69) is 26.1 Å². The van der Waals surface area contributed by atoms with E-state index in [-0.39, 0.29) is 46.5 Å². The van der Waals surface area contributed by atoms with E-state index in [9.17, 15) is 9.59 Å². The highest BCUT2D eigenvalue weighted by Crippen LogP contribution is 2.40. The van der Waals surface area contributed by atoms with Gasteiger partial charge in [-0.05, 0) is 35.2 Å². The van der Waals surface area contributed by atoms with E-state index in [1.165, 1.54) is 0 Å². The Balaban J connectivity index is 0.00000456. The lowest BCUT2D eigenvalue weighted by Gasteiger charge is -2.27. The van der Waals surface area contributed by atoms with Crippen LogP contribution in [0.15, 0.2) is 24.3 Å². The van der Waals surface area contributed by atoms with Gasteiger partial charge in [-0.1, -0.05) is 20.8 Å². The Morgan fingerprint density at radius 3 is 2.17 bits per heavy atom. The van der Waals surface area contributed by atoms with Crippen LogP contribution in [0.3, 0.4) is 0 Å². The van der Waals surface area contributed by atoms with Crippen LogP contribution in [0.1, 0.15) is 58.2 Å². The Morgan fingerprint density at radius 1 is 1.06 bits per heavy atom. The molecular weight excluding hydrogens is 522 g/mol. The number of nitrogens with zero attached hydrogens (tertiary/aromatic N) is 3. The van der Waals surface area contributed by atoms with Crippen molar-refractivity contribution in [1.29, 1.82) is 5.41 Å². The minimum atomic E-state index is -0.220. The first-order chi connectivity index (χ1) is 16.3. The molecule has 0 unspecified atom stereocenters. The molecule has 0 radical (unpaired) electrons. The van der Waals surface area contributed by atoms with E-state index in [1.54, 1.807) is 25.1 Å². The zero-order valence-corrected chi connectivity index (χ0v) is 24.4. The summed E-state index contributed by atoms with van der Waals surface area (Å²) in [4.78, 5) is 31.5. The van der Waals surface area contributed by atoms with Gasteiger partial charge in [-0.25, -0.2) is 0 Å². The average Bonchev–Trinajstić information content (AvgIpc) is 3.10. The molecule has 2 N–H and O–H groups in total. The van der Waals surface area contributed by atoms with Gasteiger partial charge in [0.25, 0.3) is 5.91 Å². The number of nitrogens with one attached hydrogen (secondary N) is 2. The molecule has 0 spiro atoms. The second kappa shape index (κ2) is 10.9. The zero-order valence-electron chi connectivity index (χ0n) is 22.7. The minimum Gasteiger partial charge on any atom is -0.494 e. The Kier molecular flexibility index (Phi) is 8.83.